The van der Waals surface area contributed by atoms with Crippen LogP contribution in [0.5, 0.6) is 0 Å². The summed E-state index contributed by atoms with van der Waals surface area (Å²) in [6.45, 7) is 2.24. The summed E-state index contributed by atoms with van der Waals surface area (Å²) in [6, 6.07) is 0. The Morgan fingerprint density at radius 1 is 1.16 bits per heavy atom. The Hall–Kier alpha value is -0.830. The third-order valence-electron chi connectivity index (χ3n) is 3.55. The average molecular weight is 268 g/mol. The zero-order chi connectivity index (χ0) is 13.9. The molecular formula is C16H28O3. The van der Waals surface area contributed by atoms with E-state index in [1.54, 1.807) is 0 Å². The van der Waals surface area contributed by atoms with Crippen LogP contribution in [0.2, 0.25) is 0 Å². The molecule has 0 saturated carbocycles. The second-order valence-electron chi connectivity index (χ2n) is 5.41. The second kappa shape index (κ2) is 10.0. The molecular weight excluding hydrogens is 240 g/mol. The van der Waals surface area contributed by atoms with Crippen LogP contribution in [-0.2, 0) is 9.53 Å². The lowest BCUT2D eigenvalue weighted by molar-refractivity contribution is -0.137. The number of carbonyl (C=O) groups is 1. The molecule has 1 fully saturated rings. The number of carboxylic acids is 1. The Labute approximate surface area is 117 Å². The lowest BCUT2D eigenvalue weighted by Gasteiger charge is -1.97. The summed E-state index contributed by atoms with van der Waals surface area (Å²) in [7, 11) is 0. The third-order valence-corrected chi connectivity index (χ3v) is 3.55. The van der Waals surface area contributed by atoms with Crippen molar-refractivity contribution >= 4 is 5.97 Å². The van der Waals surface area contributed by atoms with Gasteiger partial charge in [0.25, 0.3) is 0 Å². The first kappa shape index (κ1) is 16.2. The van der Waals surface area contributed by atoms with Gasteiger partial charge in [0.2, 0.25) is 0 Å². The summed E-state index contributed by atoms with van der Waals surface area (Å²) in [4.78, 5) is 10.4. The van der Waals surface area contributed by atoms with E-state index in [0.717, 1.165) is 19.3 Å². The Balaban J connectivity index is 1.87. The number of hydrogen-bond acceptors (Lipinski definition) is 2. The predicted molar refractivity (Wildman–Crippen MR) is 77.3 cm³/mol. The Morgan fingerprint density at radius 3 is 2.63 bits per heavy atom. The first-order valence-corrected chi connectivity index (χ1v) is 7.78. The summed E-state index contributed by atoms with van der Waals surface area (Å²) in [5.74, 6) is -0.712. The number of ether oxygens (including phenoxy) is 1. The van der Waals surface area contributed by atoms with Gasteiger partial charge < -0.3 is 9.84 Å². The summed E-state index contributed by atoms with van der Waals surface area (Å²) in [5.41, 5.74) is 0. The zero-order valence-electron chi connectivity index (χ0n) is 12.1. The van der Waals surface area contributed by atoms with E-state index in [1.807, 2.05) is 0 Å². The van der Waals surface area contributed by atoms with Crippen LogP contribution < -0.4 is 0 Å². The van der Waals surface area contributed by atoms with Crippen molar-refractivity contribution in [3.8, 4) is 0 Å². The first-order chi connectivity index (χ1) is 9.24. The summed E-state index contributed by atoms with van der Waals surface area (Å²) < 4.78 is 5.48. The molecule has 2 atom stereocenters. The van der Waals surface area contributed by atoms with Crippen molar-refractivity contribution in [1.29, 1.82) is 0 Å². The molecule has 110 valence electrons. The molecule has 0 spiro atoms. The molecule has 0 aromatic heterocycles. The van der Waals surface area contributed by atoms with Crippen molar-refractivity contribution in [3.63, 3.8) is 0 Å². The van der Waals surface area contributed by atoms with Crippen LogP contribution in [0.3, 0.4) is 0 Å². The van der Waals surface area contributed by atoms with Gasteiger partial charge in [-0.05, 0) is 25.7 Å². The number of epoxide rings is 1. The van der Waals surface area contributed by atoms with E-state index >= 15 is 0 Å². The van der Waals surface area contributed by atoms with Crippen LogP contribution in [0.4, 0.5) is 0 Å². The van der Waals surface area contributed by atoms with Gasteiger partial charge in [0.05, 0.1) is 6.10 Å². The molecule has 0 aromatic carbocycles. The predicted octanol–water partition coefficient (Wildman–Crippen LogP) is 4.32. The minimum atomic E-state index is -0.712. The second-order valence-corrected chi connectivity index (χ2v) is 5.41. The highest BCUT2D eigenvalue weighted by molar-refractivity contribution is 5.66. The monoisotopic (exact) mass is 268 g/mol. The maximum atomic E-state index is 10.4. The SMILES string of the molecule is CCCCCCCC/C=C/C1OC1CCCC(=O)O. The molecule has 1 aliphatic rings. The van der Waals surface area contributed by atoms with E-state index in [2.05, 4.69) is 19.1 Å². The zero-order valence-corrected chi connectivity index (χ0v) is 12.1. The first-order valence-electron chi connectivity index (χ1n) is 7.78. The van der Waals surface area contributed by atoms with Crippen molar-refractivity contribution in [2.45, 2.75) is 83.3 Å². The van der Waals surface area contributed by atoms with E-state index in [4.69, 9.17) is 9.84 Å². The van der Waals surface area contributed by atoms with E-state index in [-0.39, 0.29) is 18.6 Å². The number of hydrogen-bond donors (Lipinski definition) is 1. The van der Waals surface area contributed by atoms with Crippen molar-refractivity contribution in [3.05, 3.63) is 12.2 Å². The van der Waals surface area contributed by atoms with Crippen LogP contribution in [0.25, 0.3) is 0 Å². The average Bonchev–Trinajstić information content (AvgIpc) is 3.11. The van der Waals surface area contributed by atoms with Crippen LogP contribution in [-0.4, -0.2) is 23.3 Å². The summed E-state index contributed by atoms with van der Waals surface area (Å²) in [5, 5.41) is 8.54. The smallest absolute Gasteiger partial charge is 0.303 e. The van der Waals surface area contributed by atoms with Gasteiger partial charge in [-0.1, -0.05) is 51.2 Å². The topological polar surface area (TPSA) is 49.8 Å². The van der Waals surface area contributed by atoms with Crippen molar-refractivity contribution in [1.82, 2.24) is 0 Å². The molecule has 0 aromatic rings. The van der Waals surface area contributed by atoms with Gasteiger partial charge in [-0.2, -0.15) is 0 Å². The molecule has 19 heavy (non-hydrogen) atoms. The van der Waals surface area contributed by atoms with Gasteiger partial charge in [-0.25, -0.2) is 0 Å². The quantitative estimate of drug-likeness (QED) is 0.326. The van der Waals surface area contributed by atoms with Crippen molar-refractivity contribution in [2.24, 2.45) is 0 Å². The minimum Gasteiger partial charge on any atom is -0.481 e. The Bertz CT molecular complexity index is 273. The number of aliphatic carboxylic acids is 1. The normalized spacial score (nSPS) is 21.9. The fraction of sp³-hybridized carbons (Fsp3) is 0.812. The van der Waals surface area contributed by atoms with Gasteiger partial charge in [0.15, 0.2) is 0 Å². The molecule has 1 N–H and O–H groups in total. The molecule has 0 radical (unpaired) electrons. The highest BCUT2D eigenvalue weighted by Gasteiger charge is 2.35. The standard InChI is InChI=1S/C16H28O3/c1-2-3-4-5-6-7-8-9-11-14-15(19-14)12-10-13-16(17)18/h9,11,14-15H,2-8,10,12-13H2,1H3,(H,17,18)/b11-9+. The molecule has 0 bridgehead atoms. The minimum absolute atomic E-state index is 0.258. The van der Waals surface area contributed by atoms with E-state index in [0.29, 0.717) is 0 Å². The van der Waals surface area contributed by atoms with E-state index in [9.17, 15) is 4.79 Å². The molecule has 3 heteroatoms. The summed E-state index contributed by atoms with van der Waals surface area (Å²) in [6.07, 6.45) is 15.9. The van der Waals surface area contributed by atoms with E-state index < -0.39 is 5.97 Å². The molecule has 1 rings (SSSR count). The lowest BCUT2D eigenvalue weighted by Crippen LogP contribution is -1.97. The maximum Gasteiger partial charge on any atom is 0.303 e. The molecule has 1 heterocycles. The number of allylic oxidation sites excluding steroid dienone is 1. The van der Waals surface area contributed by atoms with Crippen LogP contribution in [0.1, 0.15) is 71.1 Å². The Kier molecular flexibility index (Phi) is 8.55. The van der Waals surface area contributed by atoms with Gasteiger partial charge in [0.1, 0.15) is 6.10 Å². The van der Waals surface area contributed by atoms with Crippen LogP contribution in [0, 0.1) is 0 Å². The van der Waals surface area contributed by atoms with Gasteiger partial charge >= 0.3 is 5.97 Å². The number of carboxylic acid groups (broad SMARTS) is 1. The Morgan fingerprint density at radius 2 is 1.89 bits per heavy atom. The summed E-state index contributed by atoms with van der Waals surface area (Å²) >= 11 is 0. The molecule has 1 saturated heterocycles. The third kappa shape index (κ3) is 8.82. The largest absolute Gasteiger partial charge is 0.481 e. The number of unbranched alkanes of at least 4 members (excludes halogenated alkanes) is 6. The highest BCUT2D eigenvalue weighted by Crippen LogP contribution is 2.28. The van der Waals surface area contributed by atoms with Gasteiger partial charge in [0, 0.05) is 6.42 Å². The van der Waals surface area contributed by atoms with Crippen LogP contribution >= 0.6 is 0 Å². The molecule has 0 aliphatic carbocycles. The fourth-order valence-electron chi connectivity index (χ4n) is 2.29. The molecule has 3 nitrogen and oxygen atoms in total. The van der Waals surface area contributed by atoms with Gasteiger partial charge in [-0.3, -0.25) is 4.79 Å². The fourth-order valence-corrected chi connectivity index (χ4v) is 2.29. The maximum absolute atomic E-state index is 10.4. The number of rotatable bonds is 12. The van der Waals surface area contributed by atoms with Crippen LogP contribution in [0.15, 0.2) is 12.2 Å². The molecule has 1 aliphatic heterocycles. The van der Waals surface area contributed by atoms with Crippen molar-refractivity contribution < 1.29 is 14.6 Å². The lowest BCUT2D eigenvalue weighted by atomic mass is 10.1. The molecule has 0 amide bonds. The highest BCUT2D eigenvalue weighted by atomic mass is 16.6. The van der Waals surface area contributed by atoms with Gasteiger partial charge in [-0.15, -0.1) is 0 Å². The van der Waals surface area contributed by atoms with E-state index in [1.165, 1.54) is 38.5 Å². The van der Waals surface area contributed by atoms with Crippen molar-refractivity contribution in [2.75, 3.05) is 0 Å². The molecule has 2 unspecified atom stereocenters.